The summed E-state index contributed by atoms with van der Waals surface area (Å²) in [4.78, 5) is 14.5. The van der Waals surface area contributed by atoms with Crippen LogP contribution in [0.2, 0.25) is 0 Å². The molecule has 1 amide bonds. The molecule has 1 atom stereocenters. The van der Waals surface area contributed by atoms with Crippen LogP contribution in [0.25, 0.3) is 0 Å². The minimum atomic E-state index is -0.109. The number of carbonyl (C=O) groups is 1. The fourth-order valence-corrected chi connectivity index (χ4v) is 4.19. The van der Waals surface area contributed by atoms with Crippen molar-refractivity contribution in [2.75, 3.05) is 11.4 Å². The van der Waals surface area contributed by atoms with E-state index in [0.717, 1.165) is 24.1 Å². The van der Waals surface area contributed by atoms with E-state index in [2.05, 4.69) is 61.3 Å². The predicted octanol–water partition coefficient (Wildman–Crippen LogP) is 4.49. The first kappa shape index (κ1) is 19.2. The smallest absolute Gasteiger partial charge is 0.244 e. The molecule has 142 valence electrons. The molecule has 0 saturated carbocycles. The van der Waals surface area contributed by atoms with Crippen LogP contribution in [-0.4, -0.2) is 24.2 Å². The lowest BCUT2D eigenvalue weighted by atomic mass is 9.79. The van der Waals surface area contributed by atoms with Crippen LogP contribution in [0.4, 0.5) is 5.69 Å². The van der Waals surface area contributed by atoms with E-state index in [0.29, 0.717) is 12.3 Å². The molecule has 1 unspecified atom stereocenters. The Morgan fingerprint density at radius 1 is 1.26 bits per heavy atom. The Balaban J connectivity index is 1.69. The zero-order valence-electron chi connectivity index (χ0n) is 16.7. The number of carbonyl (C=O) groups excluding carboxylic acids is 1. The van der Waals surface area contributed by atoms with Crippen molar-refractivity contribution in [2.45, 2.75) is 52.0 Å². The van der Waals surface area contributed by atoms with Crippen molar-refractivity contribution >= 4 is 17.8 Å². The molecule has 0 fully saturated rings. The Morgan fingerprint density at radius 3 is 2.70 bits per heavy atom. The molecule has 27 heavy (non-hydrogen) atoms. The van der Waals surface area contributed by atoms with Crippen LogP contribution < -0.4 is 10.3 Å². The second kappa shape index (κ2) is 7.95. The SMILES string of the molecule is CCN1c2ccc(/C=N\NC(=O)Cc3ccccc3)cc2C(C)CC1(C)C. The molecule has 1 heterocycles. The first-order valence-corrected chi connectivity index (χ1v) is 9.68. The lowest BCUT2D eigenvalue weighted by molar-refractivity contribution is -0.120. The summed E-state index contributed by atoms with van der Waals surface area (Å²) in [5, 5.41) is 4.14. The minimum Gasteiger partial charge on any atom is -0.366 e. The first-order chi connectivity index (χ1) is 12.9. The quantitative estimate of drug-likeness (QED) is 0.628. The van der Waals surface area contributed by atoms with Gasteiger partial charge in [-0.05, 0) is 61.9 Å². The largest absolute Gasteiger partial charge is 0.366 e. The molecule has 0 saturated heterocycles. The molecular weight excluding hydrogens is 334 g/mol. The van der Waals surface area contributed by atoms with Crippen LogP contribution in [0, 0.1) is 0 Å². The molecule has 0 radical (unpaired) electrons. The highest BCUT2D eigenvalue weighted by Crippen LogP contribution is 2.43. The van der Waals surface area contributed by atoms with Gasteiger partial charge in [-0.2, -0.15) is 5.10 Å². The lowest BCUT2D eigenvalue weighted by Crippen LogP contribution is -2.48. The summed E-state index contributed by atoms with van der Waals surface area (Å²) in [7, 11) is 0. The van der Waals surface area contributed by atoms with Crippen LogP contribution in [0.5, 0.6) is 0 Å². The fourth-order valence-electron chi connectivity index (χ4n) is 4.19. The van der Waals surface area contributed by atoms with Crippen LogP contribution in [-0.2, 0) is 11.2 Å². The predicted molar refractivity (Wildman–Crippen MR) is 112 cm³/mol. The number of hydrogen-bond acceptors (Lipinski definition) is 3. The number of nitrogens with one attached hydrogen (secondary N) is 1. The number of hydrazone groups is 1. The molecule has 3 rings (SSSR count). The van der Waals surface area contributed by atoms with Gasteiger partial charge >= 0.3 is 0 Å². The standard InChI is InChI=1S/C23H29N3O/c1-5-26-21-12-11-19(13-20(21)17(2)15-23(26,3)4)16-24-25-22(27)14-18-9-7-6-8-10-18/h6-13,16-17H,5,14-15H2,1-4H3,(H,25,27)/b24-16-. The first-order valence-electron chi connectivity index (χ1n) is 9.68. The molecule has 4 nitrogen and oxygen atoms in total. The Morgan fingerprint density at radius 2 is 2.00 bits per heavy atom. The van der Waals surface area contributed by atoms with Crippen LogP contribution in [0.1, 0.15) is 56.7 Å². The Labute approximate surface area is 162 Å². The van der Waals surface area contributed by atoms with Gasteiger partial charge in [-0.1, -0.05) is 43.3 Å². The summed E-state index contributed by atoms with van der Waals surface area (Å²) < 4.78 is 0. The van der Waals surface area contributed by atoms with Crippen molar-refractivity contribution in [3.8, 4) is 0 Å². The molecule has 1 aliphatic rings. The fraction of sp³-hybridized carbons (Fsp3) is 0.391. The van der Waals surface area contributed by atoms with Gasteiger partial charge in [0.2, 0.25) is 5.91 Å². The van der Waals surface area contributed by atoms with E-state index in [1.165, 1.54) is 11.3 Å². The molecule has 2 aromatic carbocycles. The molecule has 4 heteroatoms. The van der Waals surface area contributed by atoms with E-state index in [-0.39, 0.29) is 11.4 Å². The number of nitrogens with zero attached hydrogens (tertiary/aromatic N) is 2. The van der Waals surface area contributed by atoms with E-state index in [1.807, 2.05) is 30.3 Å². The monoisotopic (exact) mass is 363 g/mol. The van der Waals surface area contributed by atoms with E-state index >= 15 is 0 Å². The zero-order chi connectivity index (χ0) is 19.4. The molecular formula is C23H29N3O. The average Bonchev–Trinajstić information content (AvgIpc) is 2.62. The highest BCUT2D eigenvalue weighted by Gasteiger charge is 2.35. The Kier molecular flexibility index (Phi) is 5.64. The minimum absolute atomic E-state index is 0.109. The van der Waals surface area contributed by atoms with E-state index in [4.69, 9.17) is 0 Å². The summed E-state index contributed by atoms with van der Waals surface area (Å²) in [6.07, 6.45) is 3.19. The van der Waals surface area contributed by atoms with Crippen LogP contribution >= 0.6 is 0 Å². The van der Waals surface area contributed by atoms with Crippen molar-refractivity contribution in [1.82, 2.24) is 5.43 Å². The Bertz CT molecular complexity index is 827. The van der Waals surface area contributed by atoms with Gasteiger partial charge < -0.3 is 4.90 Å². The number of rotatable bonds is 5. The van der Waals surface area contributed by atoms with Gasteiger partial charge in [-0.3, -0.25) is 4.79 Å². The molecule has 1 aliphatic heterocycles. The van der Waals surface area contributed by atoms with Gasteiger partial charge in [0.15, 0.2) is 0 Å². The lowest BCUT2D eigenvalue weighted by Gasteiger charge is -2.47. The topological polar surface area (TPSA) is 44.7 Å². The second-order valence-electron chi connectivity index (χ2n) is 7.94. The van der Waals surface area contributed by atoms with Gasteiger partial charge in [-0.25, -0.2) is 5.43 Å². The van der Waals surface area contributed by atoms with Crippen molar-refractivity contribution in [1.29, 1.82) is 0 Å². The van der Waals surface area contributed by atoms with Gasteiger partial charge in [0.25, 0.3) is 0 Å². The highest BCUT2D eigenvalue weighted by molar-refractivity contribution is 5.84. The second-order valence-corrected chi connectivity index (χ2v) is 7.94. The molecule has 1 N–H and O–H groups in total. The molecule has 0 bridgehead atoms. The van der Waals surface area contributed by atoms with Gasteiger partial charge in [-0.15, -0.1) is 0 Å². The van der Waals surface area contributed by atoms with Crippen molar-refractivity contribution in [3.05, 3.63) is 65.2 Å². The molecule has 0 spiro atoms. The van der Waals surface area contributed by atoms with Crippen LogP contribution in [0.3, 0.4) is 0 Å². The number of fused-ring (bicyclic) bond motifs is 1. The summed E-state index contributed by atoms with van der Waals surface area (Å²) in [6.45, 7) is 10.1. The van der Waals surface area contributed by atoms with Gasteiger partial charge in [0, 0.05) is 17.8 Å². The Hall–Kier alpha value is -2.62. The number of anilines is 1. The molecule has 2 aromatic rings. The van der Waals surface area contributed by atoms with Crippen molar-refractivity contribution in [3.63, 3.8) is 0 Å². The third-order valence-electron chi connectivity index (χ3n) is 5.34. The summed E-state index contributed by atoms with van der Waals surface area (Å²) >= 11 is 0. The number of benzene rings is 2. The molecule has 0 aliphatic carbocycles. The van der Waals surface area contributed by atoms with E-state index in [1.54, 1.807) is 6.21 Å². The average molecular weight is 364 g/mol. The molecule has 0 aromatic heterocycles. The number of amides is 1. The number of hydrogen-bond donors (Lipinski definition) is 1. The van der Waals surface area contributed by atoms with Gasteiger partial charge in [0.1, 0.15) is 0 Å². The van der Waals surface area contributed by atoms with E-state index in [9.17, 15) is 4.79 Å². The van der Waals surface area contributed by atoms with Gasteiger partial charge in [0.05, 0.1) is 12.6 Å². The normalized spacial score (nSPS) is 18.4. The van der Waals surface area contributed by atoms with Crippen molar-refractivity contribution < 1.29 is 4.79 Å². The highest BCUT2D eigenvalue weighted by atomic mass is 16.2. The van der Waals surface area contributed by atoms with Crippen LogP contribution in [0.15, 0.2) is 53.6 Å². The third kappa shape index (κ3) is 4.38. The third-order valence-corrected chi connectivity index (χ3v) is 5.34. The van der Waals surface area contributed by atoms with E-state index < -0.39 is 0 Å². The maximum absolute atomic E-state index is 12.0. The zero-order valence-corrected chi connectivity index (χ0v) is 16.7. The maximum Gasteiger partial charge on any atom is 0.244 e. The van der Waals surface area contributed by atoms with Crippen molar-refractivity contribution in [2.24, 2.45) is 5.10 Å². The summed E-state index contributed by atoms with van der Waals surface area (Å²) in [6, 6.07) is 16.1. The summed E-state index contributed by atoms with van der Waals surface area (Å²) in [5.41, 5.74) is 7.45. The maximum atomic E-state index is 12.0. The summed E-state index contributed by atoms with van der Waals surface area (Å²) in [5.74, 6) is 0.390.